The van der Waals surface area contributed by atoms with Crippen LogP contribution < -0.4 is 5.32 Å². The summed E-state index contributed by atoms with van der Waals surface area (Å²) in [6.45, 7) is 23.3. The minimum atomic E-state index is -2.85. The number of sulfone groups is 1. The SMILES string of the molecule is C=C(C)[C@@H]1CC[C@]2(NCCN3CCS(=O)(=O)CC3)CC[C@]3(C)[C@H](CC[C@@H]4[C@@]5(C)CC=C(C=C6CCC(C(=O)O)CC6)C(C)(C)[C@@H]5CC[C@]43C)[C@@H]12. The summed E-state index contributed by atoms with van der Waals surface area (Å²) in [7, 11) is -2.85. The molecule has 9 atom stereocenters. The Kier molecular flexibility index (Phi) is 9.49. The molecule has 0 bridgehead atoms. The fourth-order valence-electron chi connectivity index (χ4n) is 14.4. The van der Waals surface area contributed by atoms with E-state index in [1.807, 2.05) is 0 Å². The van der Waals surface area contributed by atoms with E-state index < -0.39 is 15.8 Å². The Labute approximate surface area is 304 Å². The van der Waals surface area contributed by atoms with Crippen molar-refractivity contribution in [3.8, 4) is 0 Å². The number of carbonyl (C=O) groups is 1. The van der Waals surface area contributed by atoms with Crippen molar-refractivity contribution < 1.29 is 18.3 Å². The van der Waals surface area contributed by atoms with Gasteiger partial charge >= 0.3 is 5.97 Å². The van der Waals surface area contributed by atoms with Crippen molar-refractivity contribution in [2.75, 3.05) is 37.7 Å². The van der Waals surface area contributed by atoms with E-state index in [9.17, 15) is 18.3 Å². The van der Waals surface area contributed by atoms with Crippen LogP contribution in [0, 0.1) is 57.2 Å². The molecular weight excluding hydrogens is 641 g/mol. The highest BCUT2D eigenvalue weighted by Gasteiger charge is 2.70. The highest BCUT2D eigenvalue weighted by Crippen LogP contribution is 2.76. The van der Waals surface area contributed by atoms with Gasteiger partial charge in [0.2, 0.25) is 0 Å². The lowest BCUT2D eigenvalue weighted by molar-refractivity contribution is -0.221. The third-order valence-electron chi connectivity index (χ3n) is 17.4. The van der Waals surface area contributed by atoms with Gasteiger partial charge in [-0.15, -0.1) is 0 Å². The zero-order valence-corrected chi connectivity index (χ0v) is 33.1. The number of rotatable bonds is 7. The molecule has 50 heavy (non-hydrogen) atoms. The first kappa shape index (κ1) is 36.9. The van der Waals surface area contributed by atoms with E-state index in [4.69, 9.17) is 0 Å². The Morgan fingerprint density at radius 1 is 0.940 bits per heavy atom. The molecule has 6 nitrogen and oxygen atoms in total. The lowest BCUT2D eigenvalue weighted by Gasteiger charge is -2.72. The molecule has 1 saturated heterocycles. The minimum absolute atomic E-state index is 0.114. The first-order valence-electron chi connectivity index (χ1n) is 20.4. The average Bonchev–Trinajstić information content (AvgIpc) is 3.44. The van der Waals surface area contributed by atoms with E-state index in [1.54, 1.807) is 0 Å². The summed E-state index contributed by atoms with van der Waals surface area (Å²) in [5, 5.41) is 13.7. The third kappa shape index (κ3) is 5.85. The van der Waals surface area contributed by atoms with Gasteiger partial charge in [0.1, 0.15) is 0 Å². The maximum Gasteiger partial charge on any atom is 0.306 e. The molecule has 6 fully saturated rings. The average molecular weight is 709 g/mol. The van der Waals surface area contributed by atoms with Crippen molar-refractivity contribution >= 4 is 15.8 Å². The summed E-state index contributed by atoms with van der Waals surface area (Å²) >= 11 is 0. The molecule has 7 heteroatoms. The van der Waals surface area contributed by atoms with Gasteiger partial charge in [0.05, 0.1) is 17.4 Å². The number of allylic oxidation sites excluding steroid dienone is 5. The van der Waals surface area contributed by atoms with Crippen LogP contribution >= 0.6 is 0 Å². The topological polar surface area (TPSA) is 86.7 Å². The largest absolute Gasteiger partial charge is 0.481 e. The van der Waals surface area contributed by atoms with Crippen LogP contribution in [0.2, 0.25) is 0 Å². The fourth-order valence-corrected chi connectivity index (χ4v) is 15.6. The van der Waals surface area contributed by atoms with E-state index in [-0.39, 0.29) is 22.3 Å². The Balaban J connectivity index is 1.11. The van der Waals surface area contributed by atoms with E-state index in [2.05, 4.69) is 70.5 Å². The molecule has 2 N–H and O–H groups in total. The number of fused-ring (bicyclic) bond motifs is 7. The van der Waals surface area contributed by atoms with Crippen LogP contribution in [0.3, 0.4) is 0 Å². The van der Waals surface area contributed by atoms with Crippen LogP contribution in [-0.4, -0.2) is 67.6 Å². The second-order valence-corrected chi connectivity index (χ2v) is 22.1. The molecule has 5 saturated carbocycles. The summed E-state index contributed by atoms with van der Waals surface area (Å²) in [5.74, 6) is 3.09. The van der Waals surface area contributed by atoms with Crippen LogP contribution in [0.4, 0.5) is 0 Å². The zero-order chi connectivity index (χ0) is 35.9. The molecule has 0 unspecified atom stereocenters. The van der Waals surface area contributed by atoms with Gasteiger partial charge in [-0.25, -0.2) is 8.42 Å². The van der Waals surface area contributed by atoms with Gasteiger partial charge < -0.3 is 15.3 Å². The lowest BCUT2D eigenvalue weighted by Crippen LogP contribution is -2.68. The van der Waals surface area contributed by atoms with Crippen LogP contribution in [0.15, 0.2) is 35.5 Å². The van der Waals surface area contributed by atoms with Gasteiger partial charge in [-0.1, -0.05) is 64.5 Å². The van der Waals surface area contributed by atoms with Gasteiger partial charge in [-0.05, 0) is 147 Å². The maximum absolute atomic E-state index is 12.0. The van der Waals surface area contributed by atoms with Crippen LogP contribution in [-0.2, 0) is 14.6 Å². The number of nitrogens with zero attached hydrogens (tertiary/aromatic N) is 1. The van der Waals surface area contributed by atoms with Crippen molar-refractivity contribution in [2.24, 2.45) is 57.2 Å². The molecule has 0 aromatic rings. The van der Waals surface area contributed by atoms with Crippen LogP contribution in [0.5, 0.6) is 0 Å². The molecule has 1 aliphatic heterocycles. The first-order chi connectivity index (χ1) is 23.5. The van der Waals surface area contributed by atoms with Crippen molar-refractivity contribution in [3.63, 3.8) is 0 Å². The van der Waals surface area contributed by atoms with Crippen molar-refractivity contribution in [1.29, 1.82) is 0 Å². The molecule has 7 aliphatic rings. The first-order valence-corrected chi connectivity index (χ1v) is 22.2. The van der Waals surface area contributed by atoms with Gasteiger partial charge in [-0.2, -0.15) is 0 Å². The number of aliphatic carboxylic acids is 1. The number of nitrogens with one attached hydrogen (secondary N) is 1. The Morgan fingerprint density at radius 2 is 1.64 bits per heavy atom. The van der Waals surface area contributed by atoms with Crippen LogP contribution in [0.25, 0.3) is 0 Å². The van der Waals surface area contributed by atoms with E-state index >= 15 is 0 Å². The summed E-state index contributed by atoms with van der Waals surface area (Å²) in [6, 6.07) is 0. The van der Waals surface area contributed by atoms with Gasteiger partial charge in [-0.3, -0.25) is 4.79 Å². The Bertz CT molecular complexity index is 1520. The highest BCUT2D eigenvalue weighted by molar-refractivity contribution is 7.91. The number of carboxylic acid groups (broad SMARTS) is 1. The van der Waals surface area contributed by atoms with Gasteiger partial charge in [0, 0.05) is 31.7 Å². The van der Waals surface area contributed by atoms with E-state index in [0.29, 0.717) is 65.0 Å². The van der Waals surface area contributed by atoms with Crippen LogP contribution in [0.1, 0.15) is 125 Å². The van der Waals surface area contributed by atoms with E-state index in [1.165, 1.54) is 74.5 Å². The molecule has 0 aromatic carbocycles. The quantitative estimate of drug-likeness (QED) is 0.258. The lowest BCUT2D eigenvalue weighted by atomic mass is 9.33. The van der Waals surface area contributed by atoms with Gasteiger partial charge in [0.15, 0.2) is 9.84 Å². The minimum Gasteiger partial charge on any atom is -0.481 e. The molecule has 280 valence electrons. The number of hydrogen-bond donors (Lipinski definition) is 2. The van der Waals surface area contributed by atoms with Crippen molar-refractivity contribution in [1.82, 2.24) is 10.2 Å². The second kappa shape index (κ2) is 12.9. The number of hydrogen-bond acceptors (Lipinski definition) is 5. The fraction of sp³-hybridized carbons (Fsp3) is 0.837. The standard InChI is InChI=1S/C43H68N2O4S/c1-29(2)33-15-19-43(44-22-23-45-24-26-50(48,49)27-25-45)21-20-41(6)34(37(33)43)12-13-36-40(5)17-14-32(28-30-8-10-31(11-9-30)38(46)47)39(3,4)35(40)16-18-42(36,41)7/h14,28,31,33-37,44H,1,8-13,15-27H2,2-7H3,(H,46,47)/t31?,33-,34+,35-,36+,37+,40-,41+,42+,43-/m0/s1. The molecule has 0 spiro atoms. The van der Waals surface area contributed by atoms with Gasteiger partial charge in [0.25, 0.3) is 0 Å². The molecule has 6 aliphatic carbocycles. The Hall–Kier alpha value is -1.44. The molecule has 7 rings (SSSR count). The summed E-state index contributed by atoms with van der Waals surface area (Å²) in [5.41, 5.74) is 5.54. The van der Waals surface area contributed by atoms with E-state index in [0.717, 1.165) is 38.8 Å². The molecule has 0 amide bonds. The smallest absolute Gasteiger partial charge is 0.306 e. The van der Waals surface area contributed by atoms with Crippen molar-refractivity contribution in [3.05, 3.63) is 35.5 Å². The predicted molar refractivity (Wildman–Crippen MR) is 204 cm³/mol. The molecule has 1 heterocycles. The molecular formula is C43H68N2O4S. The normalized spacial score (nSPS) is 45.3. The zero-order valence-electron chi connectivity index (χ0n) is 32.3. The molecule has 0 aromatic heterocycles. The second-order valence-electron chi connectivity index (χ2n) is 19.8. The molecule has 0 radical (unpaired) electrons. The number of carboxylic acids is 1. The highest BCUT2D eigenvalue weighted by atomic mass is 32.2. The predicted octanol–water partition coefficient (Wildman–Crippen LogP) is 8.45. The summed E-state index contributed by atoms with van der Waals surface area (Å²) in [4.78, 5) is 13.9. The Morgan fingerprint density at radius 3 is 2.30 bits per heavy atom. The maximum atomic E-state index is 12.0. The summed E-state index contributed by atoms with van der Waals surface area (Å²) in [6.07, 6.45) is 20.0. The summed E-state index contributed by atoms with van der Waals surface area (Å²) < 4.78 is 24.1. The van der Waals surface area contributed by atoms with Crippen molar-refractivity contribution in [2.45, 2.75) is 131 Å². The monoisotopic (exact) mass is 708 g/mol. The third-order valence-corrected chi connectivity index (χ3v) is 19.0.